The summed E-state index contributed by atoms with van der Waals surface area (Å²) in [5, 5.41) is 251. The van der Waals surface area contributed by atoms with Crippen LogP contribution in [0.4, 0.5) is 0 Å². The Hall–Kier alpha value is 4.62. The van der Waals surface area contributed by atoms with Gasteiger partial charge >= 0.3 is 207 Å². The zero-order valence-electron chi connectivity index (χ0n) is 71.1. The van der Waals surface area contributed by atoms with Crippen molar-refractivity contribution in [3.8, 4) is 0 Å². The Morgan fingerprint density at radius 1 is 0.183 bits per heavy atom. The van der Waals surface area contributed by atoms with Gasteiger partial charge in [0.05, 0.1) is 42.7 Å². The topological polar surface area (TPSA) is 693 Å². The molecule has 35 atom stereocenters. The third-order valence-corrected chi connectivity index (χ3v) is 28.2. The molecule has 0 aromatic rings. The van der Waals surface area contributed by atoms with Crippen LogP contribution in [0.2, 0.25) is 0 Å². The Morgan fingerprint density at radius 3 is 0.381 bits per heavy atom. The van der Waals surface area contributed by atoms with Gasteiger partial charge in [-0.3, -0.25) is 0 Å². The second kappa shape index (κ2) is 66.5. The fourth-order valence-electron chi connectivity index (χ4n) is 14.0. The van der Waals surface area contributed by atoms with Gasteiger partial charge < -0.3 is 207 Å². The number of hydrogen-bond donors (Lipinski definition) is 14. The first-order chi connectivity index (χ1) is 56.6. The number of carbonyl (C=O) groups excluding carboxylic acids is 7. The van der Waals surface area contributed by atoms with Crippen LogP contribution in [0.5, 0.6) is 0 Å². The van der Waals surface area contributed by atoms with Gasteiger partial charge in [-0.25, -0.2) is 0 Å². The van der Waals surface area contributed by atoms with E-state index in [2.05, 4.69) is 0 Å². The van der Waals surface area contributed by atoms with Gasteiger partial charge in [-0.15, -0.1) is 0 Å². The molecule has 21 heterocycles. The van der Waals surface area contributed by atoms with Crippen LogP contribution in [-0.4, -0.2) is 409 Å². The SMILES string of the molecule is O=C([O-])CCCSC[C@@H]1O[C@H]2O[C@@H]3[C@@H](O)[C@@H](O)[C@H](O[C@@H]4[C@H](O)[C@H](O)[C@H](O[C@@H]5[C@@H](O)[C@H](O)[C@H](O[C@@H]6[C@@H](O)[C@H](O)[C@H](O[C@@H]7[C@@H](O)[C@H](O)[C@H](O[C@@H]8[C@@H](O)[C@H](O)[C@H](O[C@@H]1[C@H](O)[C@@H]2O)O[C@@H]8CSCCCC(=O)[O-])O[C@@H]7CSCCCC(=O)[O-])O[C@@H]6CSCCCC(=O)[O-])O[C@H]5CSCCCC(=O)[O-])O[C@H]4CSCCCC(=O)[O-])O[C@H]3CSCCCC(=O)[O-].[Na+].[Na+].[Na+].[Na+].[Na+].[Na+].[Na+]. The number of hydrogen-bond acceptors (Lipinski definition) is 49. The predicted octanol–water partition coefficient (Wildman–Crippen LogP) is -34.3. The maximum atomic E-state index is 12.3. The van der Waals surface area contributed by atoms with Gasteiger partial charge in [-0.1, -0.05) is 0 Å². The fraction of sp³-hybridized carbons (Fsp3) is 0.900. The van der Waals surface area contributed by atoms with Crippen LogP contribution < -0.4 is 243 Å². The quantitative estimate of drug-likeness (QED) is 0.0199. The minimum atomic E-state index is -2.26. The summed E-state index contributed by atoms with van der Waals surface area (Å²) >= 11 is 7.13. The first-order valence-corrected chi connectivity index (χ1v) is 46.9. The van der Waals surface area contributed by atoms with Crippen LogP contribution in [0.1, 0.15) is 89.9 Å². The van der Waals surface area contributed by atoms with E-state index in [1.165, 1.54) is 0 Å². The van der Waals surface area contributed by atoms with Crippen LogP contribution in [-0.2, 0) is 99.9 Å². The molecule has 21 saturated heterocycles. The molecule has 0 saturated carbocycles. The van der Waals surface area contributed by atoms with E-state index < -0.39 is 302 Å². The number of carboxylic acids is 7. The fourth-order valence-corrected chi connectivity index (χ4v) is 21.1. The molecular weight excluding hydrogens is 1900 g/mol. The first kappa shape index (κ1) is 129. The average molecular weight is 2000 g/mol. The van der Waals surface area contributed by atoms with Crippen molar-refractivity contribution in [2.75, 3.05) is 80.5 Å². The number of carboxylic acid groups (broad SMARTS) is 7. The summed E-state index contributed by atoms with van der Waals surface area (Å²) in [5.41, 5.74) is 0. The van der Waals surface area contributed by atoms with Gasteiger partial charge in [0.2, 0.25) is 0 Å². The second-order valence-corrected chi connectivity index (χ2v) is 37.3. The minimum absolute atomic E-state index is 0. The van der Waals surface area contributed by atoms with Crippen LogP contribution in [0, 0.1) is 0 Å². The molecule has 42 nitrogen and oxygen atoms in total. The van der Waals surface area contributed by atoms with Crippen molar-refractivity contribution in [2.24, 2.45) is 0 Å². The van der Waals surface area contributed by atoms with Crippen molar-refractivity contribution in [3.63, 3.8) is 0 Å². The zero-order chi connectivity index (χ0) is 86.9. The Labute approximate surface area is 911 Å². The number of aliphatic carboxylic acids is 7. The van der Waals surface area contributed by atoms with Gasteiger partial charge in [0.25, 0.3) is 0 Å². The summed E-state index contributed by atoms with van der Waals surface area (Å²) in [6.45, 7) is 0. The Balaban J connectivity index is 0.0000113. The normalized spacial score (nSPS) is 37.6. The van der Waals surface area contributed by atoms with Crippen molar-refractivity contribution >= 4 is 124 Å². The third kappa shape index (κ3) is 40.1. The molecule has 0 spiro atoms. The van der Waals surface area contributed by atoms with Crippen LogP contribution >= 0.6 is 82.3 Å². The van der Waals surface area contributed by atoms with Gasteiger partial charge in [0.15, 0.2) is 44.0 Å². The van der Waals surface area contributed by atoms with E-state index in [0.29, 0.717) is 0 Å². The predicted molar refractivity (Wildman–Crippen MR) is 400 cm³/mol. The van der Waals surface area contributed by atoms with Crippen LogP contribution in [0.15, 0.2) is 0 Å². The number of aliphatic hydroxyl groups excluding tert-OH is 14. The molecule has 21 aliphatic rings. The summed E-state index contributed by atoms with van der Waals surface area (Å²) in [6.07, 6.45) is -72.1. The van der Waals surface area contributed by atoms with Gasteiger partial charge in [-0.05, 0) is 130 Å². The standard InChI is InChI=1S/C70H112O42S7.7Na/c71-36(72)8-1-15-113-22-29-57-43(85)50(92)64(99-29)107-58-30(23-114-16-2-9-37(73)74)101-66(52(94)45(58)87)109-60-32(25-116-18-4-11-39(77)78)103-68(54(96)47(60)89)111-62-34(27-118-20-6-13-41(81)82)105-70(56(98)49(62)91)112-63-35(28-119-21-7-14-42(83)84)104-69(55(97)48(63)90)110-61-33(26-117-19-5-12-40(79)80)102-67(53(95)46(61)88)108-59-31(24-115-17-3-10-38(75)76)100-65(106-57)51(93)44(59)86;;;;;;;/h29-35,43-70,85-98H,1-28H2,(H,71,72)(H,73,74)(H,75,76)(H,77,78)(H,79,80)(H,81,82)(H,83,84);;;;;;;/q;7*+1/p-7/t29-,30-,31-,32-,33+,34+,35+,43-,44+,45+,46-,47-,48-,49-,50+,51-,52-,53-,54-,55-,56-,57-,58-,59-,60-,61-,62-,63-,64-,65-,66-,67-,68-,69-,70-;;;;;;;/m0......./s1. The maximum absolute atomic E-state index is 12.3. The molecule has 21 rings (SSSR count). The molecule has 21 aliphatic heterocycles. The summed E-state index contributed by atoms with van der Waals surface area (Å²) in [4.78, 5) is 80.4. The van der Waals surface area contributed by atoms with Crippen molar-refractivity contribution in [1.29, 1.82) is 0 Å². The molecule has 0 aliphatic carbocycles. The van der Waals surface area contributed by atoms with Gasteiger partial charge in [0.1, 0.15) is 128 Å². The minimum Gasteiger partial charge on any atom is -0.550 e. The monoisotopic (exact) mass is 2000 g/mol. The van der Waals surface area contributed by atoms with Gasteiger partial charge in [0, 0.05) is 82.1 Å². The smallest absolute Gasteiger partial charge is 0.550 e. The second-order valence-electron chi connectivity index (χ2n) is 29.2. The molecule has 14 bridgehead atoms. The summed E-state index contributed by atoms with van der Waals surface area (Å²) in [6, 6.07) is 0. The molecular formula is C70H105Na7O42S7. The summed E-state index contributed by atoms with van der Waals surface area (Å²) < 4.78 is 88.5. The molecule has 21 fully saturated rings. The van der Waals surface area contributed by atoms with Crippen molar-refractivity contribution in [1.82, 2.24) is 0 Å². The summed E-state index contributed by atoms with van der Waals surface area (Å²) in [7, 11) is 0. The van der Waals surface area contributed by atoms with E-state index in [9.17, 15) is 141 Å². The zero-order valence-corrected chi connectivity index (χ0v) is 90.8. The van der Waals surface area contributed by atoms with Crippen molar-refractivity contribution in [3.05, 3.63) is 0 Å². The number of thioether (sulfide) groups is 7. The van der Waals surface area contributed by atoms with Crippen molar-refractivity contribution in [2.45, 2.75) is 305 Å². The Kier molecular flexibility index (Phi) is 67.8. The van der Waals surface area contributed by atoms with E-state index in [-0.39, 0.29) is 332 Å². The molecule has 56 heteroatoms. The molecule has 14 N–H and O–H groups in total. The maximum Gasteiger partial charge on any atom is 1.00 e. The van der Waals surface area contributed by atoms with Crippen molar-refractivity contribution < 1.29 is 414 Å². The number of carbonyl (C=O) groups is 7. The van der Waals surface area contributed by atoms with Gasteiger partial charge in [-0.2, -0.15) is 82.3 Å². The molecule has 0 unspecified atom stereocenters. The van der Waals surface area contributed by atoms with E-state index in [0.717, 1.165) is 82.3 Å². The molecule has 0 aromatic heterocycles. The summed E-state index contributed by atoms with van der Waals surface area (Å²) in [5.74, 6) is -11.2. The largest absolute Gasteiger partial charge is 1.00 e. The van der Waals surface area contributed by atoms with E-state index in [4.69, 9.17) is 66.3 Å². The first-order valence-electron chi connectivity index (χ1n) is 38.8. The molecule has 0 radical (unpaired) electrons. The number of aliphatic hydroxyl groups is 14. The van der Waals surface area contributed by atoms with E-state index >= 15 is 0 Å². The van der Waals surface area contributed by atoms with Crippen LogP contribution in [0.25, 0.3) is 0 Å². The molecule has 0 amide bonds. The molecule has 0 aromatic carbocycles. The number of ether oxygens (including phenoxy) is 14. The number of rotatable bonds is 42. The van der Waals surface area contributed by atoms with E-state index in [1.54, 1.807) is 0 Å². The average Bonchev–Trinajstić information content (AvgIpc) is 0.788. The van der Waals surface area contributed by atoms with Crippen LogP contribution in [0.3, 0.4) is 0 Å². The van der Waals surface area contributed by atoms with E-state index in [1.807, 2.05) is 0 Å². The Morgan fingerprint density at radius 2 is 0.286 bits per heavy atom. The molecule has 126 heavy (non-hydrogen) atoms. The molecule has 686 valence electrons. The Bertz CT molecular complexity index is 2590. The third-order valence-electron chi connectivity index (χ3n) is 20.2.